The first-order chi connectivity index (χ1) is 10.3. The Labute approximate surface area is 131 Å². The summed E-state index contributed by atoms with van der Waals surface area (Å²) in [7, 11) is 0. The third-order valence-corrected chi connectivity index (χ3v) is 3.27. The van der Waals surface area contributed by atoms with Gasteiger partial charge in [-0.2, -0.15) is 23.6 Å². The van der Waals surface area contributed by atoms with E-state index < -0.39 is 17.4 Å². The number of rotatable bonds is 3. The van der Waals surface area contributed by atoms with Gasteiger partial charge in [-0.3, -0.25) is 0 Å². The van der Waals surface area contributed by atoms with E-state index >= 15 is 0 Å². The summed E-state index contributed by atoms with van der Waals surface area (Å²) < 4.78 is 38.9. The summed E-state index contributed by atoms with van der Waals surface area (Å²) in [6.07, 6.45) is -3.67. The number of H-pyrrole nitrogens is 1. The maximum absolute atomic E-state index is 13.0. The van der Waals surface area contributed by atoms with Gasteiger partial charge in [0.1, 0.15) is 11.6 Å². The van der Waals surface area contributed by atoms with Gasteiger partial charge in [0.25, 0.3) is 0 Å². The summed E-state index contributed by atoms with van der Waals surface area (Å²) in [5.74, 6) is -0.0818. The molecular weight excluding hydrogens is 344 g/mol. The van der Waals surface area contributed by atoms with Crippen LogP contribution in [0.1, 0.15) is 11.4 Å². The lowest BCUT2D eigenvalue weighted by Gasteiger charge is -2.15. The van der Waals surface area contributed by atoms with Crippen LogP contribution in [-0.4, -0.2) is 20.6 Å². The number of aromatic nitrogens is 4. The van der Waals surface area contributed by atoms with Gasteiger partial charge in [-0.25, -0.2) is 0 Å². The van der Waals surface area contributed by atoms with Gasteiger partial charge in [0, 0.05) is 6.20 Å². The minimum absolute atomic E-state index is 0.0661. The van der Waals surface area contributed by atoms with E-state index in [1.807, 2.05) is 0 Å². The molecule has 2 aromatic rings. The zero-order chi connectivity index (χ0) is 16.3. The van der Waals surface area contributed by atoms with Crippen molar-refractivity contribution >= 4 is 34.5 Å². The summed E-state index contributed by atoms with van der Waals surface area (Å²) in [5.41, 5.74) is -1.64. The fourth-order valence-electron chi connectivity index (χ4n) is 1.50. The maximum Gasteiger partial charge on any atom is 0.418 e. The van der Waals surface area contributed by atoms with E-state index in [0.717, 1.165) is 18.3 Å². The van der Waals surface area contributed by atoms with Gasteiger partial charge in [-0.05, 0) is 17.3 Å². The summed E-state index contributed by atoms with van der Waals surface area (Å²) in [4.78, 5) is 0. The highest BCUT2D eigenvalue weighted by molar-refractivity contribution is 6.43. The van der Waals surface area contributed by atoms with Crippen molar-refractivity contribution in [1.29, 1.82) is 5.26 Å². The molecule has 1 aromatic carbocycles. The van der Waals surface area contributed by atoms with E-state index in [9.17, 15) is 13.2 Å². The molecule has 22 heavy (non-hydrogen) atoms. The zero-order valence-electron chi connectivity index (χ0n) is 10.4. The molecule has 1 aromatic heterocycles. The fourth-order valence-corrected chi connectivity index (χ4v) is 1.87. The van der Waals surface area contributed by atoms with Crippen molar-refractivity contribution in [3.63, 3.8) is 0 Å². The molecule has 2 N–H and O–H groups in total. The first-order valence-corrected chi connectivity index (χ1v) is 6.26. The van der Waals surface area contributed by atoms with Crippen molar-refractivity contribution in [3.05, 3.63) is 39.8 Å². The van der Waals surface area contributed by atoms with Crippen LogP contribution in [0.5, 0.6) is 0 Å². The lowest BCUT2D eigenvalue weighted by atomic mass is 10.1. The number of alkyl halides is 3. The average Bonchev–Trinajstić information content (AvgIpc) is 2.96. The topological polar surface area (TPSA) is 90.3 Å². The highest BCUT2D eigenvalue weighted by Crippen LogP contribution is 2.41. The Balaban J connectivity index is 2.45. The number of tetrazole rings is 1. The van der Waals surface area contributed by atoms with Crippen molar-refractivity contribution in [3.8, 4) is 6.07 Å². The normalized spacial score (nSPS) is 12.1. The standard InChI is InChI=1S/C11H5Cl2F3N6/c12-7-2-1-6(11(14,15)16)9(8(7)13)18-4-5(3-17)10-19-21-22-20-10/h1-2,4,18H,(H,19,20,21,22). The minimum Gasteiger partial charge on any atom is -0.359 e. The number of allylic oxidation sites excluding steroid dienone is 1. The van der Waals surface area contributed by atoms with E-state index in [4.69, 9.17) is 28.5 Å². The van der Waals surface area contributed by atoms with Crippen molar-refractivity contribution in [2.45, 2.75) is 6.18 Å². The molecule has 0 amide bonds. The predicted molar refractivity (Wildman–Crippen MR) is 72.9 cm³/mol. The molecule has 0 fully saturated rings. The van der Waals surface area contributed by atoms with Crippen molar-refractivity contribution in [2.24, 2.45) is 0 Å². The molecule has 0 aliphatic rings. The Hall–Kier alpha value is -2.31. The number of nitrogens with one attached hydrogen (secondary N) is 2. The Morgan fingerprint density at radius 1 is 1.36 bits per heavy atom. The number of nitrogens with zero attached hydrogens (tertiary/aromatic N) is 4. The lowest BCUT2D eigenvalue weighted by Crippen LogP contribution is -2.09. The van der Waals surface area contributed by atoms with Gasteiger partial charge in [0.15, 0.2) is 0 Å². The van der Waals surface area contributed by atoms with E-state index in [2.05, 4.69) is 25.9 Å². The second-order valence-electron chi connectivity index (χ2n) is 3.83. The van der Waals surface area contributed by atoms with Crippen LogP contribution in [-0.2, 0) is 6.18 Å². The SMILES string of the molecule is N#CC(=CNc1c(C(F)(F)F)ccc(Cl)c1Cl)c1nn[nH]n1. The highest BCUT2D eigenvalue weighted by Gasteiger charge is 2.34. The smallest absolute Gasteiger partial charge is 0.359 e. The number of hydrogen-bond donors (Lipinski definition) is 2. The number of halogens is 5. The van der Waals surface area contributed by atoms with Crippen LogP contribution in [0, 0.1) is 11.3 Å². The number of nitriles is 1. The Morgan fingerprint density at radius 3 is 2.64 bits per heavy atom. The molecule has 11 heteroatoms. The van der Waals surface area contributed by atoms with Gasteiger partial charge >= 0.3 is 6.18 Å². The molecule has 0 bridgehead atoms. The van der Waals surface area contributed by atoms with E-state index in [1.165, 1.54) is 0 Å². The van der Waals surface area contributed by atoms with Crippen LogP contribution >= 0.6 is 23.2 Å². The molecule has 1 heterocycles. The summed E-state index contributed by atoms with van der Waals surface area (Å²) >= 11 is 11.5. The molecule has 0 atom stereocenters. The van der Waals surface area contributed by atoms with Crippen molar-refractivity contribution < 1.29 is 13.2 Å². The molecule has 0 radical (unpaired) electrons. The summed E-state index contributed by atoms with van der Waals surface area (Å²) in [6, 6.07) is 3.54. The van der Waals surface area contributed by atoms with Gasteiger partial charge in [-0.1, -0.05) is 23.2 Å². The number of anilines is 1. The van der Waals surface area contributed by atoms with Crippen molar-refractivity contribution in [2.75, 3.05) is 5.32 Å². The third-order valence-electron chi connectivity index (χ3n) is 2.47. The molecule has 0 saturated heterocycles. The largest absolute Gasteiger partial charge is 0.418 e. The van der Waals surface area contributed by atoms with E-state index in [1.54, 1.807) is 6.07 Å². The Bertz CT molecular complexity index is 748. The van der Waals surface area contributed by atoms with Crippen LogP contribution in [0.4, 0.5) is 18.9 Å². The fraction of sp³-hybridized carbons (Fsp3) is 0.0909. The Morgan fingerprint density at radius 2 is 2.09 bits per heavy atom. The van der Waals surface area contributed by atoms with E-state index in [-0.39, 0.29) is 21.4 Å². The van der Waals surface area contributed by atoms with Gasteiger partial charge in [-0.15, -0.1) is 10.2 Å². The molecule has 0 spiro atoms. The molecule has 0 aliphatic carbocycles. The van der Waals surface area contributed by atoms with Gasteiger partial charge < -0.3 is 5.32 Å². The van der Waals surface area contributed by atoms with Crippen molar-refractivity contribution in [1.82, 2.24) is 20.6 Å². The molecule has 0 aliphatic heterocycles. The average molecular weight is 349 g/mol. The second-order valence-corrected chi connectivity index (χ2v) is 4.62. The molecular formula is C11H5Cl2F3N6. The second kappa shape index (κ2) is 6.21. The third kappa shape index (κ3) is 3.29. The van der Waals surface area contributed by atoms with E-state index in [0.29, 0.717) is 0 Å². The summed E-state index contributed by atoms with van der Waals surface area (Å²) in [6.45, 7) is 0. The first kappa shape index (κ1) is 16.1. The van der Waals surface area contributed by atoms with Crippen LogP contribution in [0.15, 0.2) is 18.3 Å². The van der Waals surface area contributed by atoms with Crippen LogP contribution < -0.4 is 5.32 Å². The predicted octanol–water partition coefficient (Wildman–Crippen LogP) is 3.50. The number of aromatic amines is 1. The molecule has 0 saturated carbocycles. The quantitative estimate of drug-likeness (QED) is 0.828. The number of benzene rings is 1. The van der Waals surface area contributed by atoms with Crippen LogP contribution in [0.3, 0.4) is 0 Å². The Kier molecular flexibility index (Phi) is 4.54. The van der Waals surface area contributed by atoms with Crippen LogP contribution in [0.25, 0.3) is 5.57 Å². The van der Waals surface area contributed by atoms with Gasteiger partial charge in [0.05, 0.1) is 21.3 Å². The number of hydrogen-bond acceptors (Lipinski definition) is 5. The molecule has 0 unspecified atom stereocenters. The summed E-state index contributed by atoms with van der Waals surface area (Å²) in [5, 5.41) is 23.4. The molecule has 6 nitrogen and oxygen atoms in total. The highest BCUT2D eigenvalue weighted by atomic mass is 35.5. The zero-order valence-corrected chi connectivity index (χ0v) is 11.9. The lowest BCUT2D eigenvalue weighted by molar-refractivity contribution is -0.136. The first-order valence-electron chi connectivity index (χ1n) is 5.50. The molecule has 2 rings (SSSR count). The monoisotopic (exact) mass is 348 g/mol. The van der Waals surface area contributed by atoms with Gasteiger partial charge in [0.2, 0.25) is 5.82 Å². The minimum atomic E-state index is -4.65. The maximum atomic E-state index is 13.0. The van der Waals surface area contributed by atoms with Crippen LogP contribution in [0.2, 0.25) is 10.0 Å². The molecule has 114 valence electrons.